The van der Waals surface area contributed by atoms with Crippen molar-refractivity contribution in [3.8, 4) is 0 Å². The molecule has 0 aliphatic carbocycles. The van der Waals surface area contributed by atoms with Gasteiger partial charge >= 0.3 is 0 Å². The van der Waals surface area contributed by atoms with Crippen LogP contribution in [0.4, 0.5) is 11.4 Å². The summed E-state index contributed by atoms with van der Waals surface area (Å²) in [6.45, 7) is 3.73. The molecule has 1 rings (SSSR count). The first-order valence-electron chi connectivity index (χ1n) is 10.4. The Kier molecular flexibility index (Phi) is 11.3. The van der Waals surface area contributed by atoms with Crippen LogP contribution in [0.15, 0.2) is 18.2 Å². The van der Waals surface area contributed by atoms with Crippen molar-refractivity contribution in [2.45, 2.75) is 51.9 Å². The van der Waals surface area contributed by atoms with Crippen LogP contribution < -0.4 is 15.5 Å². The van der Waals surface area contributed by atoms with Crippen molar-refractivity contribution in [1.29, 1.82) is 0 Å². The highest BCUT2D eigenvalue weighted by Gasteiger charge is 2.14. The predicted octanol–water partition coefficient (Wildman–Crippen LogP) is 3.73. The smallest absolute Gasteiger partial charge is 0.253 e. The molecule has 0 aliphatic heterocycles. The number of amides is 2. The zero-order chi connectivity index (χ0) is 20.9. The molecule has 28 heavy (non-hydrogen) atoms. The molecule has 2 N–H and O–H groups in total. The van der Waals surface area contributed by atoms with Crippen LogP contribution in [0.5, 0.6) is 0 Å². The fourth-order valence-corrected chi connectivity index (χ4v) is 2.99. The van der Waals surface area contributed by atoms with Gasteiger partial charge in [-0.25, -0.2) is 0 Å². The minimum absolute atomic E-state index is 0.00597. The zero-order valence-electron chi connectivity index (χ0n) is 18.3. The lowest BCUT2D eigenvalue weighted by molar-refractivity contribution is -0.116. The Labute approximate surface area is 170 Å². The highest BCUT2D eigenvalue weighted by molar-refractivity contribution is 6.02. The van der Waals surface area contributed by atoms with Gasteiger partial charge < -0.3 is 20.4 Å². The molecule has 6 nitrogen and oxygen atoms in total. The second-order valence-corrected chi connectivity index (χ2v) is 7.75. The van der Waals surface area contributed by atoms with Crippen molar-refractivity contribution in [3.63, 3.8) is 0 Å². The van der Waals surface area contributed by atoms with Crippen molar-refractivity contribution in [3.05, 3.63) is 23.8 Å². The van der Waals surface area contributed by atoms with E-state index in [1.54, 1.807) is 6.07 Å². The minimum Gasteiger partial charge on any atom is -0.377 e. The van der Waals surface area contributed by atoms with Gasteiger partial charge in [-0.3, -0.25) is 9.59 Å². The van der Waals surface area contributed by atoms with E-state index in [0.717, 1.165) is 31.5 Å². The number of rotatable bonds is 13. The molecule has 158 valence electrons. The van der Waals surface area contributed by atoms with Crippen LogP contribution in [0.1, 0.15) is 62.2 Å². The molecule has 0 aromatic heterocycles. The zero-order valence-corrected chi connectivity index (χ0v) is 18.3. The fourth-order valence-electron chi connectivity index (χ4n) is 2.99. The van der Waals surface area contributed by atoms with E-state index in [1.165, 1.54) is 19.3 Å². The van der Waals surface area contributed by atoms with Gasteiger partial charge in [0.25, 0.3) is 5.91 Å². The first kappa shape index (κ1) is 24.0. The van der Waals surface area contributed by atoms with Gasteiger partial charge in [0, 0.05) is 38.4 Å². The van der Waals surface area contributed by atoms with Crippen LogP contribution in [0.2, 0.25) is 0 Å². The van der Waals surface area contributed by atoms with Crippen molar-refractivity contribution in [2.75, 3.05) is 51.5 Å². The lowest BCUT2D eigenvalue weighted by Gasteiger charge is -2.19. The largest absolute Gasteiger partial charge is 0.377 e. The number of nitrogens with zero attached hydrogens (tertiary/aromatic N) is 2. The highest BCUT2D eigenvalue weighted by atomic mass is 16.2. The molecular formula is C22H38N4O2. The summed E-state index contributed by atoms with van der Waals surface area (Å²) in [5.41, 5.74) is 2.08. The molecule has 0 radical (unpaired) electrons. The van der Waals surface area contributed by atoms with Crippen LogP contribution >= 0.6 is 0 Å². The molecule has 0 atom stereocenters. The van der Waals surface area contributed by atoms with Crippen molar-refractivity contribution >= 4 is 23.2 Å². The van der Waals surface area contributed by atoms with E-state index in [4.69, 9.17) is 0 Å². The maximum atomic E-state index is 12.7. The summed E-state index contributed by atoms with van der Waals surface area (Å²) in [5, 5.41) is 5.91. The summed E-state index contributed by atoms with van der Waals surface area (Å²) in [6.07, 6.45) is 7.00. The average Bonchev–Trinajstić information content (AvgIpc) is 2.64. The van der Waals surface area contributed by atoms with Crippen LogP contribution in [0, 0.1) is 0 Å². The number of carbonyl (C=O) groups excluding carboxylic acids is 2. The van der Waals surface area contributed by atoms with Gasteiger partial charge in [0.1, 0.15) is 0 Å². The minimum atomic E-state index is -0.113. The molecule has 0 saturated heterocycles. The Bertz CT molecular complexity index is 615. The third kappa shape index (κ3) is 9.22. The summed E-state index contributed by atoms with van der Waals surface area (Å²) < 4.78 is 0. The number of carbonyl (C=O) groups is 2. The molecule has 0 fully saturated rings. The monoisotopic (exact) mass is 390 g/mol. The number of nitrogens with one attached hydrogen (secondary N) is 2. The number of benzene rings is 1. The molecule has 0 unspecified atom stereocenters. The molecule has 0 spiro atoms. The van der Waals surface area contributed by atoms with Crippen LogP contribution in [-0.4, -0.2) is 58.0 Å². The lowest BCUT2D eigenvalue weighted by Crippen LogP contribution is -2.28. The van der Waals surface area contributed by atoms with E-state index < -0.39 is 0 Å². The molecule has 0 aliphatic rings. The van der Waals surface area contributed by atoms with Gasteiger partial charge in [0.05, 0.1) is 5.56 Å². The topological polar surface area (TPSA) is 64.7 Å². The van der Waals surface area contributed by atoms with Gasteiger partial charge in [-0.15, -0.1) is 0 Å². The SMILES string of the molecule is CCCCCCCC(=O)Nc1ccc(N(C)C)c(C(=O)NCCCN(C)C)c1. The van der Waals surface area contributed by atoms with Crippen molar-refractivity contribution in [1.82, 2.24) is 10.2 Å². The second kappa shape index (κ2) is 13.2. The molecule has 0 bridgehead atoms. The molecule has 6 heteroatoms. The number of hydrogen-bond acceptors (Lipinski definition) is 4. The van der Waals surface area contributed by atoms with Crippen molar-refractivity contribution < 1.29 is 9.59 Å². The van der Waals surface area contributed by atoms with E-state index in [1.807, 2.05) is 45.2 Å². The molecule has 1 aromatic rings. The van der Waals surface area contributed by atoms with Gasteiger partial charge in [-0.2, -0.15) is 0 Å². The number of hydrogen-bond donors (Lipinski definition) is 2. The first-order chi connectivity index (χ1) is 13.3. The lowest BCUT2D eigenvalue weighted by atomic mass is 10.1. The summed E-state index contributed by atoms with van der Waals surface area (Å²) in [5.74, 6) is -0.107. The molecule has 1 aromatic carbocycles. The second-order valence-electron chi connectivity index (χ2n) is 7.75. The van der Waals surface area contributed by atoms with E-state index in [0.29, 0.717) is 24.2 Å². The Morgan fingerprint density at radius 2 is 1.68 bits per heavy atom. The standard InChI is InChI=1S/C22H38N4O2/c1-6-7-8-9-10-12-21(27)24-18-13-14-20(26(4)5)19(17-18)22(28)23-15-11-16-25(2)3/h13-14,17H,6-12,15-16H2,1-5H3,(H,23,28)(H,24,27). The maximum Gasteiger partial charge on any atom is 0.253 e. The van der Waals surface area contributed by atoms with Gasteiger partial charge in [-0.1, -0.05) is 32.6 Å². The quantitative estimate of drug-likeness (QED) is 0.504. The predicted molar refractivity (Wildman–Crippen MR) is 118 cm³/mol. The highest BCUT2D eigenvalue weighted by Crippen LogP contribution is 2.23. The summed E-state index contributed by atoms with van der Waals surface area (Å²) >= 11 is 0. The summed E-state index contributed by atoms with van der Waals surface area (Å²) in [4.78, 5) is 28.9. The fraction of sp³-hybridized carbons (Fsp3) is 0.636. The Hall–Kier alpha value is -2.08. The van der Waals surface area contributed by atoms with E-state index in [-0.39, 0.29) is 11.8 Å². The van der Waals surface area contributed by atoms with Crippen molar-refractivity contribution in [2.24, 2.45) is 0 Å². The number of unbranched alkanes of at least 4 members (excludes halogenated alkanes) is 4. The van der Waals surface area contributed by atoms with E-state index in [9.17, 15) is 9.59 Å². The van der Waals surface area contributed by atoms with Gasteiger partial charge in [0.2, 0.25) is 5.91 Å². The van der Waals surface area contributed by atoms with Gasteiger partial charge in [0.15, 0.2) is 0 Å². The molecule has 2 amide bonds. The van der Waals surface area contributed by atoms with E-state index in [2.05, 4.69) is 22.5 Å². The Balaban J connectivity index is 2.67. The first-order valence-corrected chi connectivity index (χ1v) is 10.4. The van der Waals surface area contributed by atoms with Crippen LogP contribution in [0.3, 0.4) is 0 Å². The third-order valence-corrected chi connectivity index (χ3v) is 4.58. The van der Waals surface area contributed by atoms with E-state index >= 15 is 0 Å². The molecule has 0 heterocycles. The van der Waals surface area contributed by atoms with Gasteiger partial charge in [-0.05, 0) is 51.7 Å². The summed E-state index contributed by atoms with van der Waals surface area (Å²) in [7, 11) is 7.85. The Morgan fingerprint density at radius 3 is 2.32 bits per heavy atom. The third-order valence-electron chi connectivity index (χ3n) is 4.58. The number of anilines is 2. The normalized spacial score (nSPS) is 10.8. The maximum absolute atomic E-state index is 12.7. The van der Waals surface area contributed by atoms with Crippen LogP contribution in [-0.2, 0) is 4.79 Å². The Morgan fingerprint density at radius 1 is 0.964 bits per heavy atom. The average molecular weight is 391 g/mol. The summed E-state index contributed by atoms with van der Waals surface area (Å²) in [6, 6.07) is 5.50. The van der Waals surface area contributed by atoms with Crippen LogP contribution in [0.25, 0.3) is 0 Å². The molecular weight excluding hydrogens is 352 g/mol. The molecule has 0 saturated carbocycles.